The standard InChI is InChI=1S/C15H23FN2O2S/c1-10(2)17-9-12-8-13(7-11(3)14(12)16)21(19,20)18-15(4)5-6-15/h7-8,10,17-18H,5-6,9H2,1-4H3. The molecule has 0 bridgehead atoms. The van der Waals surface area contributed by atoms with Crippen molar-refractivity contribution in [2.45, 2.75) is 63.6 Å². The summed E-state index contributed by atoms with van der Waals surface area (Å²) in [7, 11) is -3.60. The Morgan fingerprint density at radius 2 is 1.95 bits per heavy atom. The molecule has 1 fully saturated rings. The van der Waals surface area contributed by atoms with E-state index in [2.05, 4.69) is 10.0 Å². The molecule has 0 heterocycles. The molecule has 0 unspecified atom stereocenters. The Bertz CT molecular complexity index is 637. The molecular weight excluding hydrogens is 291 g/mol. The van der Waals surface area contributed by atoms with Crippen LogP contribution in [0.25, 0.3) is 0 Å². The van der Waals surface area contributed by atoms with Crippen LogP contribution in [0.5, 0.6) is 0 Å². The minimum Gasteiger partial charge on any atom is -0.310 e. The van der Waals surface area contributed by atoms with Crippen LogP contribution in [0.1, 0.15) is 44.7 Å². The van der Waals surface area contributed by atoms with E-state index >= 15 is 0 Å². The summed E-state index contributed by atoms with van der Waals surface area (Å²) in [6.45, 7) is 7.70. The molecule has 0 radical (unpaired) electrons. The quantitative estimate of drug-likeness (QED) is 0.848. The van der Waals surface area contributed by atoms with E-state index in [9.17, 15) is 12.8 Å². The monoisotopic (exact) mass is 314 g/mol. The molecule has 1 aliphatic carbocycles. The minimum atomic E-state index is -3.60. The maximum Gasteiger partial charge on any atom is 0.241 e. The fourth-order valence-corrected chi connectivity index (χ4v) is 3.68. The molecule has 1 aliphatic rings. The van der Waals surface area contributed by atoms with Gasteiger partial charge in [-0.1, -0.05) is 13.8 Å². The molecule has 1 saturated carbocycles. The normalized spacial score (nSPS) is 17.2. The third-order valence-corrected chi connectivity index (χ3v) is 5.31. The summed E-state index contributed by atoms with van der Waals surface area (Å²) in [6.07, 6.45) is 1.68. The second-order valence-corrected chi connectivity index (χ2v) is 8.10. The highest BCUT2D eigenvalue weighted by Crippen LogP contribution is 2.36. The van der Waals surface area contributed by atoms with E-state index in [0.29, 0.717) is 17.7 Å². The van der Waals surface area contributed by atoms with Gasteiger partial charge in [0, 0.05) is 23.7 Å². The van der Waals surface area contributed by atoms with Crippen LogP contribution in [0, 0.1) is 12.7 Å². The maximum atomic E-state index is 14.1. The van der Waals surface area contributed by atoms with Crippen molar-refractivity contribution >= 4 is 10.0 Å². The zero-order chi connectivity index (χ0) is 15.8. The van der Waals surface area contributed by atoms with Gasteiger partial charge in [-0.05, 0) is 44.4 Å². The fraction of sp³-hybridized carbons (Fsp3) is 0.600. The number of hydrogen-bond donors (Lipinski definition) is 2. The van der Waals surface area contributed by atoms with Crippen molar-refractivity contribution in [3.63, 3.8) is 0 Å². The van der Waals surface area contributed by atoms with E-state index < -0.39 is 10.0 Å². The van der Waals surface area contributed by atoms with Crippen LogP contribution < -0.4 is 10.0 Å². The average molecular weight is 314 g/mol. The molecule has 0 aliphatic heterocycles. The van der Waals surface area contributed by atoms with Gasteiger partial charge < -0.3 is 5.32 Å². The molecule has 0 spiro atoms. The first kappa shape index (κ1) is 16.4. The molecule has 0 amide bonds. The lowest BCUT2D eigenvalue weighted by molar-refractivity contribution is 0.543. The molecule has 0 saturated heterocycles. The summed E-state index contributed by atoms with van der Waals surface area (Å²) in [4.78, 5) is 0.134. The molecule has 2 rings (SSSR count). The van der Waals surface area contributed by atoms with Crippen molar-refractivity contribution in [1.29, 1.82) is 0 Å². The smallest absolute Gasteiger partial charge is 0.241 e. The third kappa shape index (κ3) is 4.02. The van der Waals surface area contributed by atoms with Crippen LogP contribution in [0.4, 0.5) is 4.39 Å². The summed E-state index contributed by atoms with van der Waals surface area (Å²) in [6, 6.07) is 3.02. The molecule has 0 aromatic heterocycles. The van der Waals surface area contributed by atoms with Crippen LogP contribution >= 0.6 is 0 Å². The predicted octanol–water partition coefficient (Wildman–Crippen LogP) is 2.46. The Balaban J connectivity index is 2.31. The number of sulfonamides is 1. The molecule has 6 heteroatoms. The van der Waals surface area contributed by atoms with E-state index in [1.165, 1.54) is 12.1 Å². The van der Waals surface area contributed by atoms with Gasteiger partial charge in [0.2, 0.25) is 10.0 Å². The predicted molar refractivity (Wildman–Crippen MR) is 81.1 cm³/mol. The van der Waals surface area contributed by atoms with Crippen LogP contribution in [0.2, 0.25) is 0 Å². The highest BCUT2D eigenvalue weighted by Gasteiger charge is 2.41. The second-order valence-electron chi connectivity index (χ2n) is 6.42. The molecule has 0 atom stereocenters. The first-order chi connectivity index (χ1) is 9.63. The van der Waals surface area contributed by atoms with Crippen LogP contribution in [0.15, 0.2) is 17.0 Å². The van der Waals surface area contributed by atoms with E-state index in [1.54, 1.807) is 6.92 Å². The van der Waals surface area contributed by atoms with Gasteiger partial charge in [-0.15, -0.1) is 0 Å². The molecular formula is C15H23FN2O2S. The van der Waals surface area contributed by atoms with Gasteiger partial charge in [0.15, 0.2) is 0 Å². The van der Waals surface area contributed by atoms with Crippen molar-refractivity contribution in [2.75, 3.05) is 0 Å². The van der Waals surface area contributed by atoms with E-state index in [0.717, 1.165) is 12.8 Å². The van der Waals surface area contributed by atoms with Crippen LogP contribution in [-0.2, 0) is 16.6 Å². The van der Waals surface area contributed by atoms with Gasteiger partial charge in [-0.2, -0.15) is 0 Å². The number of hydrogen-bond acceptors (Lipinski definition) is 3. The molecule has 118 valence electrons. The van der Waals surface area contributed by atoms with Gasteiger partial charge in [-0.3, -0.25) is 0 Å². The van der Waals surface area contributed by atoms with Gasteiger partial charge in [0.1, 0.15) is 5.82 Å². The topological polar surface area (TPSA) is 58.2 Å². The minimum absolute atomic E-state index is 0.134. The summed E-state index contributed by atoms with van der Waals surface area (Å²) < 4.78 is 41.6. The van der Waals surface area contributed by atoms with E-state index in [-0.39, 0.29) is 22.3 Å². The Kier molecular flexibility index (Phi) is 4.42. The highest BCUT2D eigenvalue weighted by molar-refractivity contribution is 7.89. The number of rotatable bonds is 6. The van der Waals surface area contributed by atoms with E-state index in [4.69, 9.17) is 0 Å². The molecule has 4 nitrogen and oxygen atoms in total. The average Bonchev–Trinajstić information content (AvgIpc) is 3.07. The zero-order valence-corrected chi connectivity index (χ0v) is 13.8. The summed E-state index contributed by atoms with van der Waals surface area (Å²) >= 11 is 0. The Morgan fingerprint density at radius 3 is 2.48 bits per heavy atom. The summed E-state index contributed by atoms with van der Waals surface area (Å²) in [5.74, 6) is -0.347. The lowest BCUT2D eigenvalue weighted by Crippen LogP contribution is -2.34. The first-order valence-corrected chi connectivity index (χ1v) is 8.68. The fourth-order valence-electron chi connectivity index (χ4n) is 2.08. The van der Waals surface area contributed by atoms with Crippen molar-refractivity contribution in [3.8, 4) is 0 Å². The van der Waals surface area contributed by atoms with Crippen molar-refractivity contribution in [2.24, 2.45) is 0 Å². The lowest BCUT2D eigenvalue weighted by Gasteiger charge is -2.15. The summed E-state index contributed by atoms with van der Waals surface area (Å²) in [5.41, 5.74) is 0.390. The SMILES string of the molecule is Cc1cc(S(=O)(=O)NC2(C)CC2)cc(CNC(C)C)c1F. The molecule has 21 heavy (non-hydrogen) atoms. The Labute approximate surface area is 126 Å². The van der Waals surface area contributed by atoms with Crippen molar-refractivity contribution in [3.05, 3.63) is 29.1 Å². The van der Waals surface area contributed by atoms with Crippen LogP contribution in [0.3, 0.4) is 0 Å². The summed E-state index contributed by atoms with van der Waals surface area (Å²) in [5, 5.41) is 3.11. The van der Waals surface area contributed by atoms with E-state index in [1.807, 2.05) is 20.8 Å². The highest BCUT2D eigenvalue weighted by atomic mass is 32.2. The second kappa shape index (κ2) is 5.66. The van der Waals surface area contributed by atoms with Gasteiger partial charge in [0.05, 0.1) is 4.90 Å². The van der Waals surface area contributed by atoms with Crippen LogP contribution in [-0.4, -0.2) is 20.0 Å². The number of aryl methyl sites for hydroxylation is 1. The number of halogens is 1. The number of benzene rings is 1. The Hall–Kier alpha value is -0.980. The van der Waals surface area contributed by atoms with Gasteiger partial charge in [-0.25, -0.2) is 17.5 Å². The molecule has 1 aromatic carbocycles. The van der Waals surface area contributed by atoms with Gasteiger partial charge in [0.25, 0.3) is 0 Å². The van der Waals surface area contributed by atoms with Gasteiger partial charge >= 0.3 is 0 Å². The first-order valence-electron chi connectivity index (χ1n) is 7.19. The lowest BCUT2D eigenvalue weighted by atomic mass is 10.1. The molecule has 1 aromatic rings. The number of nitrogens with one attached hydrogen (secondary N) is 2. The van der Waals surface area contributed by atoms with Crippen molar-refractivity contribution in [1.82, 2.24) is 10.0 Å². The zero-order valence-electron chi connectivity index (χ0n) is 13.0. The third-order valence-electron chi connectivity index (χ3n) is 3.70. The Morgan fingerprint density at radius 1 is 1.33 bits per heavy atom. The van der Waals surface area contributed by atoms with Crippen molar-refractivity contribution < 1.29 is 12.8 Å². The molecule has 2 N–H and O–H groups in total. The maximum absolute atomic E-state index is 14.1. The largest absolute Gasteiger partial charge is 0.310 e.